The number of rotatable bonds is 5. The Labute approximate surface area is 278 Å². The Kier molecular flexibility index (Phi) is 5.89. The van der Waals surface area contributed by atoms with Crippen molar-refractivity contribution in [3.05, 3.63) is 145 Å². The summed E-state index contributed by atoms with van der Waals surface area (Å²) in [5, 5.41) is 8.25. The molecule has 0 amide bonds. The first-order valence-electron chi connectivity index (χ1n) is 15.9. The largest absolute Gasteiger partial charge is 0.456 e. The number of thiophene rings is 1. The molecule has 4 aromatic heterocycles. The lowest BCUT2D eigenvalue weighted by atomic mass is 9.96. The van der Waals surface area contributed by atoms with Crippen molar-refractivity contribution in [2.45, 2.75) is 6.67 Å². The minimum atomic E-state index is 0.375. The summed E-state index contributed by atoms with van der Waals surface area (Å²) in [6.45, 7) is 4.29. The van der Waals surface area contributed by atoms with Gasteiger partial charge in [0, 0.05) is 49.0 Å². The van der Waals surface area contributed by atoms with E-state index in [0.717, 1.165) is 66.4 Å². The van der Waals surface area contributed by atoms with Crippen LogP contribution in [0.5, 0.6) is 0 Å². The average Bonchev–Trinajstić information content (AvgIpc) is 3.82. The molecule has 226 valence electrons. The van der Waals surface area contributed by atoms with Crippen LogP contribution in [0.1, 0.15) is 11.1 Å². The number of benzene rings is 6. The fourth-order valence-electron chi connectivity index (χ4n) is 7.45. The average molecular weight is 635 g/mol. The van der Waals surface area contributed by atoms with E-state index >= 15 is 0 Å². The molecule has 0 aliphatic carbocycles. The minimum Gasteiger partial charge on any atom is -0.456 e. The van der Waals surface area contributed by atoms with E-state index in [9.17, 15) is 0 Å². The van der Waals surface area contributed by atoms with Crippen LogP contribution >= 0.6 is 11.3 Å². The molecule has 10 aromatic rings. The van der Waals surface area contributed by atoms with Crippen LogP contribution in [0.4, 0.5) is 5.69 Å². The molecule has 0 aliphatic heterocycles. The summed E-state index contributed by atoms with van der Waals surface area (Å²) < 4.78 is 11.2. The number of furan rings is 1. The molecule has 0 atom stereocenters. The van der Waals surface area contributed by atoms with Gasteiger partial charge in [-0.25, -0.2) is 0 Å². The summed E-state index contributed by atoms with van der Waals surface area (Å²) >= 11 is 1.84. The van der Waals surface area contributed by atoms with Crippen molar-refractivity contribution in [2.75, 3.05) is 0 Å². The maximum Gasteiger partial charge on any atom is 0.136 e. The van der Waals surface area contributed by atoms with E-state index in [1.54, 1.807) is 0 Å². The zero-order chi connectivity index (χ0) is 31.8. The fraction of sp³-hybridized carbons (Fsp3) is 0.0238. The van der Waals surface area contributed by atoms with Crippen LogP contribution in [0.2, 0.25) is 0 Å². The van der Waals surface area contributed by atoms with Crippen LogP contribution in [0.25, 0.3) is 74.8 Å². The third-order valence-electron chi connectivity index (χ3n) is 9.45. The summed E-state index contributed by atoms with van der Waals surface area (Å²) in [5.41, 5.74) is 8.39. The van der Waals surface area contributed by atoms with E-state index in [0.29, 0.717) is 6.67 Å². The zero-order valence-corrected chi connectivity index (χ0v) is 26.5. The molecule has 0 unspecified atom stereocenters. The minimum absolute atomic E-state index is 0.375. The Hall–Kier alpha value is -6.11. The van der Waals surface area contributed by atoms with Crippen molar-refractivity contribution in [2.24, 2.45) is 9.98 Å². The van der Waals surface area contributed by atoms with E-state index < -0.39 is 0 Å². The van der Waals surface area contributed by atoms with Gasteiger partial charge in [-0.05, 0) is 53.9 Å². The fourth-order valence-corrected chi connectivity index (χ4v) is 8.73. The van der Waals surface area contributed by atoms with Gasteiger partial charge in [0.2, 0.25) is 0 Å². The van der Waals surface area contributed by atoms with Gasteiger partial charge in [0.1, 0.15) is 17.8 Å². The lowest BCUT2D eigenvalue weighted by Crippen LogP contribution is -2.07. The molecule has 5 nitrogen and oxygen atoms in total. The predicted octanol–water partition coefficient (Wildman–Crippen LogP) is 11.4. The molecule has 0 N–H and O–H groups in total. The van der Waals surface area contributed by atoms with Crippen molar-refractivity contribution in [1.82, 2.24) is 9.55 Å². The quantitative estimate of drug-likeness (QED) is 0.177. The monoisotopic (exact) mass is 634 g/mol. The van der Waals surface area contributed by atoms with Crippen LogP contribution in [0.15, 0.2) is 148 Å². The highest BCUT2D eigenvalue weighted by atomic mass is 32.1. The SMILES string of the molecule is C=Nc1ccccc1/C(=N\Cn1c2cccnc2c2c3ccccc3c3c4ccccc4sc3c21)c1cccc2oc3ccccc3c12. The second kappa shape index (κ2) is 10.5. The smallest absolute Gasteiger partial charge is 0.136 e. The summed E-state index contributed by atoms with van der Waals surface area (Å²) in [5.74, 6) is 0. The van der Waals surface area contributed by atoms with Crippen LogP contribution in [-0.2, 0) is 6.67 Å². The molecule has 6 heteroatoms. The van der Waals surface area contributed by atoms with Gasteiger partial charge in [0.05, 0.1) is 32.6 Å². The van der Waals surface area contributed by atoms with E-state index in [1.807, 2.05) is 66.1 Å². The molecule has 0 saturated carbocycles. The van der Waals surface area contributed by atoms with Gasteiger partial charge in [0.25, 0.3) is 0 Å². The first kappa shape index (κ1) is 27.0. The van der Waals surface area contributed by atoms with E-state index in [2.05, 4.69) is 95.1 Å². The summed E-state index contributed by atoms with van der Waals surface area (Å²) in [6, 6.07) is 44.1. The lowest BCUT2D eigenvalue weighted by molar-refractivity contribution is 0.669. The summed E-state index contributed by atoms with van der Waals surface area (Å²) in [4.78, 5) is 14.9. The normalized spacial score (nSPS) is 12.5. The maximum atomic E-state index is 6.32. The van der Waals surface area contributed by atoms with Crippen molar-refractivity contribution in [1.29, 1.82) is 0 Å². The standard InChI is InChI=1S/C42H26N4OS/c1-43-31-18-7-4-14-27(31)39(30-17-10-21-34-36(30)28-15-5-8-20-33(28)47-34)45-24-46-32-19-11-23-44-40(32)38-26-13-3-2-12-25(26)37-29-16-6-9-22-35(29)48-42(37)41(38)46/h2-23H,1,24H2/b45-39+. The number of aromatic nitrogens is 2. The topological polar surface area (TPSA) is 55.7 Å². The highest BCUT2D eigenvalue weighted by Gasteiger charge is 2.23. The highest BCUT2D eigenvalue weighted by molar-refractivity contribution is 7.27. The summed E-state index contributed by atoms with van der Waals surface area (Å²) in [6.07, 6.45) is 1.89. The second-order valence-corrected chi connectivity index (χ2v) is 13.0. The third kappa shape index (κ3) is 3.81. The van der Waals surface area contributed by atoms with Gasteiger partial charge in [-0.3, -0.25) is 15.0 Å². The van der Waals surface area contributed by atoms with Gasteiger partial charge < -0.3 is 8.98 Å². The van der Waals surface area contributed by atoms with Gasteiger partial charge >= 0.3 is 0 Å². The number of nitrogens with zero attached hydrogens (tertiary/aromatic N) is 4. The number of aliphatic imine (C=N–C) groups is 2. The Bertz CT molecular complexity index is 2960. The first-order valence-corrected chi connectivity index (χ1v) is 16.7. The Balaban J connectivity index is 1.32. The molecule has 0 aliphatic rings. The van der Waals surface area contributed by atoms with Crippen molar-refractivity contribution in [3.8, 4) is 0 Å². The van der Waals surface area contributed by atoms with Gasteiger partial charge in [0.15, 0.2) is 0 Å². The molecule has 0 saturated heterocycles. The van der Waals surface area contributed by atoms with Crippen molar-refractivity contribution >= 4 is 104 Å². The lowest BCUT2D eigenvalue weighted by Gasteiger charge is -2.13. The van der Waals surface area contributed by atoms with Crippen molar-refractivity contribution < 1.29 is 4.42 Å². The van der Waals surface area contributed by atoms with E-state index in [4.69, 9.17) is 14.4 Å². The molecule has 0 spiro atoms. The zero-order valence-electron chi connectivity index (χ0n) is 25.7. The van der Waals surface area contributed by atoms with Gasteiger partial charge in [-0.1, -0.05) is 91.0 Å². The van der Waals surface area contributed by atoms with Crippen LogP contribution in [-0.4, -0.2) is 22.0 Å². The number of fused-ring (bicyclic) bond motifs is 13. The maximum absolute atomic E-state index is 6.32. The highest BCUT2D eigenvalue weighted by Crippen LogP contribution is 2.46. The van der Waals surface area contributed by atoms with Crippen LogP contribution in [0, 0.1) is 0 Å². The van der Waals surface area contributed by atoms with E-state index in [-0.39, 0.29) is 0 Å². The Morgan fingerprint density at radius 3 is 2.25 bits per heavy atom. The van der Waals surface area contributed by atoms with Crippen LogP contribution in [0.3, 0.4) is 0 Å². The number of hydrogen-bond donors (Lipinski definition) is 0. The molecule has 0 fully saturated rings. The van der Waals surface area contributed by atoms with Crippen LogP contribution < -0.4 is 0 Å². The Morgan fingerprint density at radius 1 is 0.667 bits per heavy atom. The molecule has 0 bridgehead atoms. The molecular weight excluding hydrogens is 609 g/mol. The van der Waals surface area contributed by atoms with Gasteiger partial charge in [-0.15, -0.1) is 11.3 Å². The molecule has 6 aromatic carbocycles. The molecule has 0 radical (unpaired) electrons. The van der Waals surface area contributed by atoms with E-state index in [1.165, 1.54) is 30.9 Å². The van der Waals surface area contributed by atoms with Crippen molar-refractivity contribution in [3.63, 3.8) is 0 Å². The Morgan fingerprint density at radius 2 is 1.38 bits per heavy atom. The second-order valence-electron chi connectivity index (χ2n) is 12.0. The first-order chi connectivity index (χ1) is 23.8. The molecule has 4 heterocycles. The summed E-state index contributed by atoms with van der Waals surface area (Å²) in [7, 11) is 0. The molecule has 48 heavy (non-hydrogen) atoms. The molecular formula is C42H26N4OS. The van der Waals surface area contributed by atoms with Gasteiger partial charge in [-0.2, -0.15) is 0 Å². The predicted molar refractivity (Wildman–Crippen MR) is 203 cm³/mol. The number of hydrogen-bond acceptors (Lipinski definition) is 5. The number of para-hydroxylation sites is 2. The molecule has 10 rings (SSSR count). The number of pyridine rings is 1. The third-order valence-corrected chi connectivity index (χ3v) is 10.6.